The number of carbonyl (C=O) groups is 1. The second-order valence-electron chi connectivity index (χ2n) is 9.88. The molecule has 0 bridgehead atoms. The molecule has 1 unspecified atom stereocenters. The second kappa shape index (κ2) is 10.8. The van der Waals surface area contributed by atoms with Crippen LogP contribution in [0.1, 0.15) is 23.5 Å². The summed E-state index contributed by atoms with van der Waals surface area (Å²) >= 11 is 0. The van der Waals surface area contributed by atoms with Gasteiger partial charge in [-0.05, 0) is 24.7 Å². The van der Waals surface area contributed by atoms with Crippen molar-refractivity contribution in [3.05, 3.63) is 75.9 Å². The van der Waals surface area contributed by atoms with Crippen LogP contribution in [0.15, 0.2) is 63.8 Å². The molecule has 0 aliphatic carbocycles. The first-order valence-corrected chi connectivity index (χ1v) is 12.8. The van der Waals surface area contributed by atoms with Crippen LogP contribution in [-0.2, 0) is 4.79 Å². The summed E-state index contributed by atoms with van der Waals surface area (Å²) in [5.41, 5.74) is 0.182. The Kier molecular flexibility index (Phi) is 7.27. The molecule has 1 aliphatic heterocycles. The quantitative estimate of drug-likeness (QED) is 0.267. The van der Waals surface area contributed by atoms with E-state index in [1.807, 2.05) is 13.1 Å². The predicted molar refractivity (Wildman–Crippen MR) is 148 cm³/mol. The number of rotatable bonds is 6. The minimum Gasteiger partial charge on any atom is -0.504 e. The van der Waals surface area contributed by atoms with Gasteiger partial charge in [0.05, 0.1) is 7.11 Å². The molecular weight excluding hydrogens is 516 g/mol. The lowest BCUT2D eigenvalue weighted by molar-refractivity contribution is -0.133. The molecule has 1 aliphatic rings. The molecule has 0 saturated carbocycles. The van der Waals surface area contributed by atoms with Crippen molar-refractivity contribution in [2.45, 2.75) is 12.3 Å². The number of hydrogen-bond acceptors (Lipinski definition) is 9. The third-order valence-corrected chi connectivity index (χ3v) is 7.38. The predicted octanol–water partition coefficient (Wildman–Crippen LogP) is 3.59. The number of nitrogens with zero attached hydrogens (tertiary/aromatic N) is 2. The van der Waals surface area contributed by atoms with E-state index in [4.69, 9.17) is 9.15 Å². The van der Waals surface area contributed by atoms with Gasteiger partial charge in [-0.3, -0.25) is 9.59 Å². The first-order valence-electron chi connectivity index (χ1n) is 12.8. The summed E-state index contributed by atoms with van der Waals surface area (Å²) < 4.78 is 11.4. The van der Waals surface area contributed by atoms with Gasteiger partial charge >= 0.3 is 0 Å². The normalized spacial score (nSPS) is 14.8. The molecule has 10 nitrogen and oxygen atoms in total. The summed E-state index contributed by atoms with van der Waals surface area (Å²) in [4.78, 5) is 30.7. The zero-order chi connectivity index (χ0) is 28.6. The van der Waals surface area contributed by atoms with E-state index in [1.54, 1.807) is 35.2 Å². The highest BCUT2D eigenvalue weighted by Crippen LogP contribution is 2.50. The van der Waals surface area contributed by atoms with Crippen molar-refractivity contribution in [3.63, 3.8) is 0 Å². The van der Waals surface area contributed by atoms with Crippen LogP contribution < -0.4 is 10.2 Å². The van der Waals surface area contributed by atoms with Crippen molar-refractivity contribution < 1.29 is 34.4 Å². The summed E-state index contributed by atoms with van der Waals surface area (Å²) in [6, 6.07) is 14.5. The highest BCUT2D eigenvalue weighted by molar-refractivity contribution is 5.94. The van der Waals surface area contributed by atoms with E-state index < -0.39 is 28.6 Å². The van der Waals surface area contributed by atoms with Gasteiger partial charge < -0.3 is 39.4 Å². The van der Waals surface area contributed by atoms with Gasteiger partial charge in [-0.25, -0.2) is 0 Å². The smallest absolute Gasteiger partial charge is 0.223 e. The molecule has 4 aromatic rings. The van der Waals surface area contributed by atoms with E-state index in [-0.39, 0.29) is 46.1 Å². The zero-order valence-electron chi connectivity index (χ0n) is 22.1. The lowest BCUT2D eigenvalue weighted by Crippen LogP contribution is -2.47. The molecule has 3 aromatic carbocycles. The van der Waals surface area contributed by atoms with E-state index in [0.29, 0.717) is 37.3 Å². The van der Waals surface area contributed by atoms with Crippen LogP contribution in [0.4, 0.5) is 0 Å². The summed E-state index contributed by atoms with van der Waals surface area (Å²) in [5.74, 6) is -3.43. The van der Waals surface area contributed by atoms with Crippen molar-refractivity contribution in [1.29, 1.82) is 0 Å². The van der Waals surface area contributed by atoms with Crippen LogP contribution in [0.3, 0.4) is 0 Å². The molecule has 4 N–H and O–H groups in total. The third-order valence-electron chi connectivity index (χ3n) is 7.38. The van der Waals surface area contributed by atoms with Gasteiger partial charge in [-0.1, -0.05) is 36.4 Å². The number of likely N-dealkylation sites (N-methyl/N-ethyl adjacent to an activating group) is 1. The van der Waals surface area contributed by atoms with Crippen molar-refractivity contribution in [2.24, 2.45) is 0 Å². The number of hydrogen-bond donors (Lipinski definition) is 4. The molecule has 2 heterocycles. The maximum absolute atomic E-state index is 13.6. The molecule has 5 rings (SSSR count). The Hall–Kier alpha value is -4.70. The Labute approximate surface area is 229 Å². The van der Waals surface area contributed by atoms with E-state index >= 15 is 0 Å². The average Bonchev–Trinajstić information content (AvgIpc) is 2.96. The highest BCUT2D eigenvalue weighted by atomic mass is 16.5. The number of phenols is 4. The Bertz CT molecular complexity index is 1630. The number of fused-ring (bicyclic) bond motifs is 1. The topological polar surface area (TPSA) is 144 Å². The highest BCUT2D eigenvalue weighted by Gasteiger charge is 2.33. The van der Waals surface area contributed by atoms with Crippen LogP contribution in [-0.4, -0.2) is 76.5 Å². The van der Waals surface area contributed by atoms with Gasteiger partial charge in [0.15, 0.2) is 28.4 Å². The van der Waals surface area contributed by atoms with Gasteiger partial charge in [-0.2, -0.15) is 0 Å². The maximum Gasteiger partial charge on any atom is 0.223 e. The number of methoxy groups -OCH3 is 1. The van der Waals surface area contributed by atoms with E-state index in [2.05, 4.69) is 4.90 Å². The monoisotopic (exact) mass is 546 g/mol. The fourth-order valence-electron chi connectivity index (χ4n) is 5.10. The van der Waals surface area contributed by atoms with Crippen molar-refractivity contribution in [1.82, 2.24) is 9.80 Å². The molecule has 0 radical (unpaired) electrons. The molecule has 1 aromatic heterocycles. The molecule has 1 fully saturated rings. The lowest BCUT2D eigenvalue weighted by atomic mass is 9.85. The van der Waals surface area contributed by atoms with Crippen LogP contribution in [0, 0.1) is 0 Å². The van der Waals surface area contributed by atoms with E-state index in [1.165, 1.54) is 25.3 Å². The van der Waals surface area contributed by atoms with Crippen molar-refractivity contribution in [2.75, 3.05) is 40.3 Å². The Morgan fingerprint density at radius 3 is 2.33 bits per heavy atom. The summed E-state index contributed by atoms with van der Waals surface area (Å²) in [5, 5.41) is 42.5. The Morgan fingerprint density at radius 2 is 1.65 bits per heavy atom. The Balaban J connectivity index is 1.75. The summed E-state index contributed by atoms with van der Waals surface area (Å²) in [7, 11) is 3.36. The number of benzene rings is 3. The molecule has 10 heteroatoms. The van der Waals surface area contributed by atoms with Crippen LogP contribution in [0.25, 0.3) is 22.3 Å². The van der Waals surface area contributed by atoms with Crippen LogP contribution in [0.2, 0.25) is 0 Å². The number of amides is 1. The molecule has 208 valence electrons. The lowest BCUT2D eigenvalue weighted by Gasteiger charge is -2.33. The first kappa shape index (κ1) is 26.9. The molecule has 0 spiro atoms. The van der Waals surface area contributed by atoms with Crippen molar-refractivity contribution >= 4 is 16.9 Å². The zero-order valence-corrected chi connectivity index (χ0v) is 22.1. The molecule has 1 amide bonds. The van der Waals surface area contributed by atoms with Crippen LogP contribution >= 0.6 is 0 Å². The molecule has 1 saturated heterocycles. The number of piperazine rings is 1. The molecule has 1 atom stereocenters. The summed E-state index contributed by atoms with van der Waals surface area (Å²) in [6.45, 7) is 2.43. The van der Waals surface area contributed by atoms with E-state index in [0.717, 1.165) is 0 Å². The second-order valence-corrected chi connectivity index (χ2v) is 9.88. The van der Waals surface area contributed by atoms with Gasteiger partial charge in [0.25, 0.3) is 0 Å². The van der Waals surface area contributed by atoms with Gasteiger partial charge in [-0.15, -0.1) is 0 Å². The SMILES string of the molecule is COc1cc(C(CC(=O)N2CCN(C)CC2)c2c(O)c(O)c(O)c3c(=O)cc(-c4ccccc4)oc23)ccc1O. The van der Waals surface area contributed by atoms with Gasteiger partial charge in [0.1, 0.15) is 16.7 Å². The fourth-order valence-corrected chi connectivity index (χ4v) is 5.10. The molecule has 40 heavy (non-hydrogen) atoms. The average molecular weight is 547 g/mol. The summed E-state index contributed by atoms with van der Waals surface area (Å²) in [6.07, 6.45) is -0.163. The minimum atomic E-state index is -0.954. The van der Waals surface area contributed by atoms with Gasteiger partial charge in [0.2, 0.25) is 11.7 Å². The largest absolute Gasteiger partial charge is 0.504 e. The number of phenolic OH excluding ortho intramolecular Hbond substituents is 4. The number of carbonyl (C=O) groups excluding carboxylic acids is 1. The number of ether oxygens (including phenoxy) is 1. The minimum absolute atomic E-state index is 0.0459. The standard InChI is InChI=1S/C30H30N2O8/c1-31-10-12-32(13-11-31)24(35)15-19(18-8-9-20(33)23(14-18)39-2)25-27(36)29(38)28(37)26-21(34)16-22(40-30(25)26)17-6-4-3-5-7-17/h3-9,14,16,19,33,36-38H,10-13,15H2,1-2H3. The maximum atomic E-state index is 13.6. The third kappa shape index (κ3) is 4.89. The fraction of sp³-hybridized carbons (Fsp3) is 0.267. The van der Waals surface area contributed by atoms with Crippen LogP contribution in [0.5, 0.6) is 28.7 Å². The van der Waals surface area contributed by atoms with Gasteiger partial charge in [0, 0.05) is 55.7 Å². The number of aromatic hydroxyl groups is 4. The Morgan fingerprint density at radius 1 is 0.950 bits per heavy atom. The van der Waals surface area contributed by atoms with Crippen molar-refractivity contribution in [3.8, 4) is 40.1 Å². The first-order chi connectivity index (χ1) is 19.2. The van der Waals surface area contributed by atoms with E-state index in [9.17, 15) is 30.0 Å². The molecular formula is C30H30N2O8.